The second-order valence-corrected chi connectivity index (χ2v) is 8.07. The number of ether oxygens (including phenoxy) is 2. The van der Waals surface area contributed by atoms with Gasteiger partial charge in [0.15, 0.2) is 0 Å². The zero-order valence-corrected chi connectivity index (χ0v) is 19.5. The third-order valence-electron chi connectivity index (χ3n) is 5.28. The van der Waals surface area contributed by atoms with Crippen LogP contribution in [0.3, 0.4) is 0 Å². The Bertz CT molecular complexity index is 1310. The molecule has 0 aromatic heterocycles. The van der Waals surface area contributed by atoms with Crippen molar-refractivity contribution in [1.29, 1.82) is 0 Å². The Balaban J connectivity index is 1.47. The van der Waals surface area contributed by atoms with Crippen molar-refractivity contribution in [2.24, 2.45) is 0 Å². The van der Waals surface area contributed by atoms with Crippen molar-refractivity contribution in [2.45, 2.75) is 13.8 Å². The van der Waals surface area contributed by atoms with Crippen molar-refractivity contribution in [3.8, 4) is 11.5 Å². The lowest BCUT2D eigenvalue weighted by atomic mass is 10.1. The molecule has 7 nitrogen and oxygen atoms in total. The van der Waals surface area contributed by atoms with Gasteiger partial charge in [-0.1, -0.05) is 29.3 Å². The molecular weight excluding hydrogens is 456 g/mol. The lowest BCUT2D eigenvalue weighted by Gasteiger charge is -2.18. The molecule has 1 N–H and O–H groups in total. The van der Waals surface area contributed by atoms with Gasteiger partial charge in [-0.3, -0.25) is 9.59 Å². The van der Waals surface area contributed by atoms with Crippen LogP contribution in [-0.2, 0) is 9.59 Å². The molecule has 0 spiro atoms. The molecule has 4 rings (SSSR count). The second kappa shape index (κ2) is 9.41. The summed E-state index contributed by atoms with van der Waals surface area (Å²) in [5, 5.41) is 2.70. The Morgan fingerprint density at radius 1 is 0.882 bits per heavy atom. The zero-order valence-electron chi connectivity index (χ0n) is 18.7. The van der Waals surface area contributed by atoms with Crippen molar-refractivity contribution in [3.63, 3.8) is 0 Å². The number of nitrogens with one attached hydrogen (secondary N) is 1. The number of amides is 2. The second-order valence-electron chi connectivity index (χ2n) is 7.69. The number of hydrogen-bond acceptors (Lipinski definition) is 6. The molecule has 0 unspecified atom stereocenters. The Morgan fingerprint density at radius 2 is 1.53 bits per heavy atom. The van der Waals surface area contributed by atoms with E-state index < -0.39 is 17.8 Å². The van der Waals surface area contributed by atoms with Gasteiger partial charge in [0.2, 0.25) is 0 Å². The molecule has 0 saturated carbocycles. The normalized spacial score (nSPS) is 13.4. The van der Waals surface area contributed by atoms with Gasteiger partial charge in [0.1, 0.15) is 22.2 Å². The molecule has 172 valence electrons. The van der Waals surface area contributed by atoms with E-state index in [0.29, 0.717) is 28.4 Å². The van der Waals surface area contributed by atoms with Crippen molar-refractivity contribution in [3.05, 3.63) is 94.1 Å². The SMILES string of the molecule is COc1ccc(OC(=O)c2ccc(NC3=C(Cl)C(=O)N(c4ccc(C)cc4C)C3=O)cc2)cc1. The van der Waals surface area contributed by atoms with Gasteiger partial charge in [-0.2, -0.15) is 0 Å². The number of nitrogens with zero attached hydrogens (tertiary/aromatic N) is 1. The fraction of sp³-hybridized carbons (Fsp3) is 0.115. The third kappa shape index (κ3) is 4.51. The molecule has 0 radical (unpaired) electrons. The van der Waals surface area contributed by atoms with Gasteiger partial charge >= 0.3 is 5.97 Å². The molecule has 1 aliphatic rings. The van der Waals surface area contributed by atoms with E-state index in [1.165, 1.54) is 0 Å². The summed E-state index contributed by atoms with van der Waals surface area (Å²) in [6.45, 7) is 3.75. The minimum atomic E-state index is -0.596. The van der Waals surface area contributed by atoms with E-state index in [9.17, 15) is 14.4 Å². The van der Waals surface area contributed by atoms with Crippen LogP contribution in [0.5, 0.6) is 11.5 Å². The monoisotopic (exact) mass is 476 g/mol. The number of benzene rings is 3. The first-order valence-corrected chi connectivity index (χ1v) is 10.8. The van der Waals surface area contributed by atoms with Crippen molar-refractivity contribution >= 4 is 40.8 Å². The largest absolute Gasteiger partial charge is 0.497 e. The third-order valence-corrected chi connectivity index (χ3v) is 5.63. The molecule has 0 saturated heterocycles. The molecule has 8 heteroatoms. The van der Waals surface area contributed by atoms with Gasteiger partial charge in [0.05, 0.1) is 18.4 Å². The van der Waals surface area contributed by atoms with Crippen LogP contribution in [0.2, 0.25) is 0 Å². The molecule has 3 aromatic rings. The molecule has 2 amide bonds. The van der Waals surface area contributed by atoms with Gasteiger partial charge in [0.25, 0.3) is 11.8 Å². The maximum absolute atomic E-state index is 13.0. The molecule has 1 aliphatic heterocycles. The minimum absolute atomic E-state index is 0.0276. The summed E-state index contributed by atoms with van der Waals surface area (Å²) in [6.07, 6.45) is 0. The summed E-state index contributed by atoms with van der Waals surface area (Å²) >= 11 is 6.22. The number of rotatable bonds is 6. The van der Waals surface area contributed by atoms with E-state index in [4.69, 9.17) is 21.1 Å². The maximum atomic E-state index is 13.0. The Kier molecular flexibility index (Phi) is 6.38. The highest BCUT2D eigenvalue weighted by Crippen LogP contribution is 2.32. The highest BCUT2D eigenvalue weighted by Gasteiger charge is 2.39. The Hall–Kier alpha value is -4.10. The average molecular weight is 477 g/mol. The van der Waals surface area contributed by atoms with Crippen LogP contribution >= 0.6 is 11.6 Å². The quantitative estimate of drug-likeness (QED) is 0.307. The van der Waals surface area contributed by atoms with Gasteiger partial charge in [-0.05, 0) is 74.0 Å². The van der Waals surface area contributed by atoms with E-state index in [1.54, 1.807) is 61.7 Å². The van der Waals surface area contributed by atoms with Crippen LogP contribution in [0, 0.1) is 13.8 Å². The first-order chi connectivity index (χ1) is 16.3. The van der Waals surface area contributed by atoms with Crippen LogP contribution in [0.25, 0.3) is 0 Å². The van der Waals surface area contributed by atoms with Gasteiger partial charge in [-0.25, -0.2) is 9.69 Å². The fourth-order valence-electron chi connectivity index (χ4n) is 3.53. The summed E-state index contributed by atoms with van der Waals surface area (Å²) in [5.41, 5.74) is 3.05. The summed E-state index contributed by atoms with van der Waals surface area (Å²) in [7, 11) is 1.55. The number of imide groups is 1. The molecule has 0 aliphatic carbocycles. The van der Waals surface area contributed by atoms with Gasteiger partial charge in [-0.15, -0.1) is 0 Å². The molecule has 3 aromatic carbocycles. The van der Waals surface area contributed by atoms with Crippen LogP contribution in [0.4, 0.5) is 11.4 Å². The summed E-state index contributed by atoms with van der Waals surface area (Å²) in [6, 6.07) is 18.4. The number of hydrogen-bond donors (Lipinski definition) is 1. The standard InChI is InChI=1S/C26H21ClN2O5/c1-15-4-13-21(16(2)14-15)29-24(30)22(27)23(25(29)31)28-18-7-5-17(6-8-18)26(32)34-20-11-9-19(33-3)10-12-20/h4-14,28H,1-3H3. The predicted octanol–water partition coefficient (Wildman–Crippen LogP) is 4.97. The topological polar surface area (TPSA) is 84.9 Å². The van der Waals surface area contributed by atoms with E-state index >= 15 is 0 Å². The van der Waals surface area contributed by atoms with Crippen molar-refractivity contribution in [1.82, 2.24) is 0 Å². The van der Waals surface area contributed by atoms with Crippen LogP contribution in [-0.4, -0.2) is 24.9 Å². The number of carbonyl (C=O) groups is 3. The summed E-state index contributed by atoms with van der Waals surface area (Å²) < 4.78 is 10.4. The van der Waals surface area contributed by atoms with E-state index in [1.807, 2.05) is 26.0 Å². The van der Waals surface area contributed by atoms with Crippen LogP contribution in [0.15, 0.2) is 77.5 Å². The molecule has 0 fully saturated rings. The smallest absolute Gasteiger partial charge is 0.343 e. The highest BCUT2D eigenvalue weighted by atomic mass is 35.5. The molecule has 1 heterocycles. The number of aryl methyl sites for hydroxylation is 2. The van der Waals surface area contributed by atoms with Crippen LogP contribution < -0.4 is 19.7 Å². The van der Waals surface area contributed by atoms with E-state index in [2.05, 4.69) is 5.32 Å². The molecular formula is C26H21ClN2O5. The summed E-state index contributed by atoms with van der Waals surface area (Å²) in [5.74, 6) is -0.654. The number of anilines is 2. The highest BCUT2D eigenvalue weighted by molar-refractivity contribution is 6.53. The Morgan fingerprint density at radius 3 is 2.15 bits per heavy atom. The maximum Gasteiger partial charge on any atom is 0.343 e. The average Bonchev–Trinajstić information content (AvgIpc) is 3.03. The van der Waals surface area contributed by atoms with E-state index in [-0.39, 0.29) is 10.7 Å². The first-order valence-electron chi connectivity index (χ1n) is 10.4. The minimum Gasteiger partial charge on any atom is -0.497 e. The van der Waals surface area contributed by atoms with Crippen molar-refractivity contribution < 1.29 is 23.9 Å². The number of esters is 1. The lowest BCUT2D eigenvalue weighted by molar-refractivity contribution is -0.120. The number of halogens is 1. The predicted molar refractivity (Wildman–Crippen MR) is 129 cm³/mol. The molecule has 0 bridgehead atoms. The van der Waals surface area contributed by atoms with Crippen LogP contribution in [0.1, 0.15) is 21.5 Å². The van der Waals surface area contributed by atoms with Crippen molar-refractivity contribution in [2.75, 3.05) is 17.3 Å². The fourth-order valence-corrected chi connectivity index (χ4v) is 3.74. The molecule has 0 atom stereocenters. The lowest BCUT2D eigenvalue weighted by Crippen LogP contribution is -2.32. The number of methoxy groups -OCH3 is 1. The number of carbonyl (C=O) groups excluding carboxylic acids is 3. The zero-order chi connectivity index (χ0) is 24.4. The van der Waals surface area contributed by atoms with Gasteiger partial charge in [0, 0.05) is 5.69 Å². The first kappa shape index (κ1) is 23.1. The molecule has 34 heavy (non-hydrogen) atoms. The van der Waals surface area contributed by atoms with Gasteiger partial charge < -0.3 is 14.8 Å². The Labute approximate surface area is 201 Å². The summed E-state index contributed by atoms with van der Waals surface area (Å²) in [4.78, 5) is 39.2. The van der Waals surface area contributed by atoms with E-state index in [0.717, 1.165) is 16.0 Å².